The number of benzene rings is 8. The van der Waals surface area contributed by atoms with Crippen molar-refractivity contribution in [2.75, 3.05) is 4.90 Å². The second kappa shape index (κ2) is 13.6. The summed E-state index contributed by atoms with van der Waals surface area (Å²) in [6.07, 6.45) is -0.382. The average molecular weight is 735 g/mol. The van der Waals surface area contributed by atoms with E-state index >= 15 is 0 Å². The summed E-state index contributed by atoms with van der Waals surface area (Å²) >= 11 is 0. The van der Waals surface area contributed by atoms with Crippen molar-refractivity contribution < 1.29 is 8.83 Å². The number of hydrogen-bond donors (Lipinski definition) is 1. The number of anilines is 3. The smallest absolute Gasteiger partial charge is 0.159 e. The zero-order valence-corrected chi connectivity index (χ0v) is 30.7. The fourth-order valence-corrected chi connectivity index (χ4v) is 8.11. The highest BCUT2D eigenvalue weighted by Crippen LogP contribution is 2.43. The lowest BCUT2D eigenvalue weighted by molar-refractivity contribution is 0.662. The van der Waals surface area contributed by atoms with Crippen molar-refractivity contribution in [3.8, 4) is 11.1 Å². The number of hydrogen-bond acceptors (Lipinski definition) is 6. The molecule has 8 aromatic carbocycles. The molecule has 0 amide bonds. The Hall–Kier alpha value is -7.70. The Bertz CT molecular complexity index is 3110. The first-order chi connectivity index (χ1) is 28.2. The van der Waals surface area contributed by atoms with Crippen molar-refractivity contribution in [3.05, 3.63) is 211 Å². The molecule has 3 heterocycles. The van der Waals surface area contributed by atoms with Gasteiger partial charge >= 0.3 is 0 Å². The molecule has 6 nitrogen and oxygen atoms in total. The summed E-state index contributed by atoms with van der Waals surface area (Å²) in [5, 5.41) is 7.83. The van der Waals surface area contributed by atoms with E-state index in [1.807, 2.05) is 66.7 Å². The summed E-state index contributed by atoms with van der Waals surface area (Å²) in [7, 11) is 0. The van der Waals surface area contributed by atoms with Crippen LogP contribution in [-0.4, -0.2) is 11.7 Å². The van der Waals surface area contributed by atoms with Crippen LogP contribution in [0.25, 0.3) is 55.0 Å². The summed E-state index contributed by atoms with van der Waals surface area (Å²) in [4.78, 5) is 12.4. The quantitative estimate of drug-likeness (QED) is 0.177. The van der Waals surface area contributed by atoms with E-state index in [1.165, 1.54) is 0 Å². The van der Waals surface area contributed by atoms with E-state index < -0.39 is 0 Å². The predicted molar refractivity (Wildman–Crippen MR) is 233 cm³/mol. The molecule has 1 aliphatic heterocycles. The number of aliphatic imine (C=N–C) groups is 2. The largest absolute Gasteiger partial charge is 0.456 e. The zero-order valence-electron chi connectivity index (χ0n) is 30.7. The number of amidine groups is 2. The lowest BCUT2D eigenvalue weighted by Crippen LogP contribution is -2.33. The van der Waals surface area contributed by atoms with E-state index in [0.717, 1.165) is 94.6 Å². The number of rotatable bonds is 7. The van der Waals surface area contributed by atoms with Gasteiger partial charge in [-0.2, -0.15) is 0 Å². The Balaban J connectivity index is 1.01. The molecule has 6 heteroatoms. The van der Waals surface area contributed by atoms with Crippen molar-refractivity contribution in [2.24, 2.45) is 9.98 Å². The molecule has 11 rings (SSSR count). The minimum atomic E-state index is -0.382. The highest BCUT2D eigenvalue weighted by atomic mass is 16.3. The molecule has 1 N–H and O–H groups in total. The molecule has 1 atom stereocenters. The first-order valence-electron chi connectivity index (χ1n) is 19.1. The van der Waals surface area contributed by atoms with Crippen LogP contribution in [0.4, 0.5) is 17.1 Å². The Morgan fingerprint density at radius 3 is 1.72 bits per heavy atom. The van der Waals surface area contributed by atoms with Gasteiger partial charge in [-0.3, -0.25) is 0 Å². The Morgan fingerprint density at radius 2 is 1.02 bits per heavy atom. The van der Waals surface area contributed by atoms with Crippen molar-refractivity contribution in [3.63, 3.8) is 0 Å². The molecule has 0 saturated heterocycles. The van der Waals surface area contributed by atoms with E-state index in [2.05, 4.69) is 138 Å². The lowest BCUT2D eigenvalue weighted by Gasteiger charge is -2.25. The van der Waals surface area contributed by atoms with E-state index in [4.69, 9.17) is 18.8 Å². The van der Waals surface area contributed by atoms with Crippen LogP contribution in [0, 0.1) is 0 Å². The standard InChI is InChI=1S/C51H34N4O2/c1-5-15-33(16-6-1)49-52-50(34-17-7-2-8-18-34)54-51(53-49)42-24-14-26-44-48(42)40-29-27-35(31-45(40)56-44)39-23-13-25-43-47(39)41-30-28-38(32-46(41)57-43)55(36-19-9-3-10-20-36)37-21-11-4-12-22-37/h1-32,51H,(H,52,53,54). The monoisotopic (exact) mass is 734 g/mol. The van der Waals surface area contributed by atoms with Crippen molar-refractivity contribution in [1.29, 1.82) is 0 Å². The van der Waals surface area contributed by atoms with Gasteiger partial charge in [0.05, 0.1) is 0 Å². The van der Waals surface area contributed by atoms with Gasteiger partial charge in [0, 0.05) is 61.4 Å². The molecule has 0 aliphatic carbocycles. The van der Waals surface area contributed by atoms with Gasteiger partial charge in [0.1, 0.15) is 34.3 Å². The number of nitrogens with one attached hydrogen (secondary N) is 1. The fraction of sp³-hybridized carbons (Fsp3) is 0.0196. The molecule has 270 valence electrons. The van der Waals surface area contributed by atoms with Gasteiger partial charge < -0.3 is 19.1 Å². The highest BCUT2D eigenvalue weighted by Gasteiger charge is 2.25. The minimum absolute atomic E-state index is 0.382. The Kier molecular flexibility index (Phi) is 7.78. The van der Waals surface area contributed by atoms with Crippen molar-refractivity contribution in [2.45, 2.75) is 6.17 Å². The molecule has 2 aromatic heterocycles. The van der Waals surface area contributed by atoms with Crippen molar-refractivity contribution >= 4 is 72.6 Å². The SMILES string of the molecule is c1ccc(C2=NC(c3cccc4oc5cc(-c6cccc7oc8cc(N(c9ccccc9)c9ccccc9)ccc8c67)ccc5c34)NC(c3ccccc3)=N2)cc1. The maximum atomic E-state index is 6.64. The summed E-state index contributed by atoms with van der Waals surface area (Å²) in [6, 6.07) is 66.7. The van der Waals surface area contributed by atoms with Crippen LogP contribution < -0.4 is 10.2 Å². The molecule has 1 aliphatic rings. The van der Waals surface area contributed by atoms with Crippen LogP contribution in [0.15, 0.2) is 213 Å². The van der Waals surface area contributed by atoms with Crippen LogP contribution in [0.5, 0.6) is 0 Å². The van der Waals surface area contributed by atoms with Crippen LogP contribution >= 0.6 is 0 Å². The topological polar surface area (TPSA) is 66.3 Å². The van der Waals surface area contributed by atoms with Crippen LogP contribution in [0.2, 0.25) is 0 Å². The molecule has 0 bridgehead atoms. The minimum Gasteiger partial charge on any atom is -0.456 e. The number of nitrogens with zero attached hydrogens (tertiary/aromatic N) is 3. The van der Waals surface area contributed by atoms with Crippen LogP contribution in [0.3, 0.4) is 0 Å². The molecular formula is C51H34N4O2. The maximum absolute atomic E-state index is 6.64. The molecule has 57 heavy (non-hydrogen) atoms. The Labute approximate surface area is 328 Å². The van der Waals surface area contributed by atoms with Gasteiger partial charge in [0.15, 0.2) is 5.84 Å². The Morgan fingerprint density at radius 1 is 0.439 bits per heavy atom. The van der Waals surface area contributed by atoms with Gasteiger partial charge in [-0.15, -0.1) is 0 Å². The summed E-state index contributed by atoms with van der Waals surface area (Å²) in [6.45, 7) is 0. The number of fused-ring (bicyclic) bond motifs is 6. The molecule has 0 saturated carbocycles. The molecule has 1 unspecified atom stereocenters. The van der Waals surface area contributed by atoms with E-state index in [9.17, 15) is 0 Å². The molecule has 0 radical (unpaired) electrons. The maximum Gasteiger partial charge on any atom is 0.159 e. The van der Waals surface area contributed by atoms with Gasteiger partial charge in [-0.1, -0.05) is 127 Å². The third kappa shape index (κ3) is 5.74. The second-order valence-electron chi connectivity index (χ2n) is 14.2. The lowest BCUT2D eigenvalue weighted by atomic mass is 9.97. The number of furan rings is 2. The second-order valence-corrected chi connectivity index (χ2v) is 14.2. The fourth-order valence-electron chi connectivity index (χ4n) is 8.11. The van der Waals surface area contributed by atoms with Gasteiger partial charge in [0.2, 0.25) is 0 Å². The third-order valence-corrected chi connectivity index (χ3v) is 10.7. The predicted octanol–water partition coefficient (Wildman–Crippen LogP) is 13.1. The third-order valence-electron chi connectivity index (χ3n) is 10.7. The van der Waals surface area contributed by atoms with Gasteiger partial charge in [-0.05, 0) is 71.8 Å². The normalized spacial score (nSPS) is 14.1. The zero-order chi connectivity index (χ0) is 37.7. The average Bonchev–Trinajstić information content (AvgIpc) is 3.85. The van der Waals surface area contributed by atoms with Crippen molar-refractivity contribution in [1.82, 2.24) is 5.32 Å². The molecular weight excluding hydrogens is 701 g/mol. The summed E-state index contributed by atoms with van der Waals surface area (Å²) < 4.78 is 13.2. The van der Waals surface area contributed by atoms with E-state index in [1.54, 1.807) is 0 Å². The summed E-state index contributed by atoms with van der Waals surface area (Å²) in [5.74, 6) is 1.47. The van der Waals surface area contributed by atoms with Gasteiger partial charge in [0.25, 0.3) is 0 Å². The van der Waals surface area contributed by atoms with Crippen LogP contribution in [-0.2, 0) is 0 Å². The molecule has 0 spiro atoms. The van der Waals surface area contributed by atoms with E-state index in [0.29, 0.717) is 5.84 Å². The molecule has 0 fully saturated rings. The molecule has 10 aromatic rings. The highest BCUT2D eigenvalue weighted by molar-refractivity contribution is 6.16. The van der Waals surface area contributed by atoms with Crippen LogP contribution in [0.1, 0.15) is 22.9 Å². The summed E-state index contributed by atoms with van der Waals surface area (Å²) in [5.41, 5.74) is 11.6. The van der Waals surface area contributed by atoms with E-state index in [-0.39, 0.29) is 6.17 Å². The van der Waals surface area contributed by atoms with Gasteiger partial charge in [-0.25, -0.2) is 9.98 Å². The first kappa shape index (κ1) is 32.7. The number of para-hydroxylation sites is 2. The first-order valence-corrected chi connectivity index (χ1v) is 19.1.